The minimum absolute atomic E-state index is 0.0393. The van der Waals surface area contributed by atoms with Crippen LogP contribution in [0.1, 0.15) is 38.1 Å². The van der Waals surface area contributed by atoms with Crippen molar-refractivity contribution in [2.75, 3.05) is 31.5 Å². The van der Waals surface area contributed by atoms with E-state index in [0.717, 1.165) is 19.1 Å². The topological polar surface area (TPSA) is 131 Å². The fourth-order valence-corrected chi connectivity index (χ4v) is 3.97. The second kappa shape index (κ2) is 12.8. The van der Waals surface area contributed by atoms with Crippen molar-refractivity contribution in [2.24, 2.45) is 0 Å². The largest absolute Gasteiger partial charge is 0.481 e. The Balaban J connectivity index is 0.00000118. The molecule has 0 radical (unpaired) electrons. The van der Waals surface area contributed by atoms with Gasteiger partial charge < -0.3 is 31.1 Å². The van der Waals surface area contributed by atoms with Crippen molar-refractivity contribution in [3.63, 3.8) is 0 Å². The number of nitrogens with zero attached hydrogens (tertiary/aromatic N) is 1. The molecule has 0 aromatic heterocycles. The average Bonchev–Trinajstić information content (AvgIpc) is 2.80. The van der Waals surface area contributed by atoms with Crippen LogP contribution in [0.25, 0.3) is 0 Å². The molecule has 2 aromatic rings. The van der Waals surface area contributed by atoms with Crippen molar-refractivity contribution in [3.8, 4) is 0 Å². The molecule has 1 fully saturated rings. The Morgan fingerprint density at radius 3 is 2.26 bits per heavy atom. The first-order valence-corrected chi connectivity index (χ1v) is 12.6. The number of anilines is 2. The minimum atomic E-state index is -1.31. The van der Waals surface area contributed by atoms with Gasteiger partial charge in [-0.05, 0) is 73.7 Å². The molecular formula is C25H30F3IN4O5. The number of hydrogen-bond donors (Lipinski definition) is 5. The number of hydrogen-bond acceptors (Lipinski definition) is 6. The van der Waals surface area contributed by atoms with E-state index in [1.54, 1.807) is 26.8 Å². The first-order valence-electron chi connectivity index (χ1n) is 11.5. The van der Waals surface area contributed by atoms with Crippen molar-refractivity contribution in [1.29, 1.82) is 0 Å². The Bertz CT molecular complexity index is 1200. The van der Waals surface area contributed by atoms with E-state index in [0.29, 0.717) is 10.1 Å². The van der Waals surface area contributed by atoms with Gasteiger partial charge in [-0.15, -0.1) is 0 Å². The third-order valence-electron chi connectivity index (χ3n) is 5.54. The van der Waals surface area contributed by atoms with Gasteiger partial charge in [0.1, 0.15) is 11.4 Å². The maximum Gasteiger partial charge on any atom is 0.300 e. The van der Waals surface area contributed by atoms with E-state index in [1.807, 2.05) is 22.6 Å². The lowest BCUT2D eigenvalue weighted by atomic mass is 9.91. The molecule has 38 heavy (non-hydrogen) atoms. The van der Waals surface area contributed by atoms with Crippen LogP contribution in [0, 0.1) is 21.0 Å². The van der Waals surface area contributed by atoms with Gasteiger partial charge in [0.25, 0.3) is 11.9 Å². The minimum Gasteiger partial charge on any atom is -0.481 e. The number of β-amino-alcohol motifs (C(OH)–C–C–N with tert-alkyl or cyclic N) is 1. The van der Waals surface area contributed by atoms with Gasteiger partial charge in [0.2, 0.25) is 5.91 Å². The summed E-state index contributed by atoms with van der Waals surface area (Å²) in [5.41, 5.74) is -3.04. The van der Waals surface area contributed by atoms with E-state index in [4.69, 9.17) is 9.90 Å². The Labute approximate surface area is 231 Å². The van der Waals surface area contributed by atoms with E-state index in [2.05, 4.69) is 16.0 Å². The summed E-state index contributed by atoms with van der Waals surface area (Å²) in [7, 11) is 0. The van der Waals surface area contributed by atoms with Gasteiger partial charge in [0.15, 0.2) is 11.6 Å². The molecule has 0 spiro atoms. The smallest absolute Gasteiger partial charge is 0.300 e. The fourth-order valence-electron chi connectivity index (χ4n) is 3.51. The average molecular weight is 650 g/mol. The highest BCUT2D eigenvalue weighted by Gasteiger charge is 2.45. The summed E-state index contributed by atoms with van der Waals surface area (Å²) in [4.78, 5) is 35.4. The molecule has 0 saturated carbocycles. The van der Waals surface area contributed by atoms with Crippen LogP contribution < -0.4 is 16.0 Å². The molecule has 3 rings (SSSR count). The van der Waals surface area contributed by atoms with Crippen molar-refractivity contribution < 1.29 is 37.8 Å². The van der Waals surface area contributed by atoms with Crippen LogP contribution in [0.2, 0.25) is 0 Å². The summed E-state index contributed by atoms with van der Waals surface area (Å²) < 4.78 is 43.4. The van der Waals surface area contributed by atoms with Gasteiger partial charge in [0.05, 0.1) is 35.6 Å². The van der Waals surface area contributed by atoms with Gasteiger partial charge in [-0.2, -0.15) is 0 Å². The number of rotatable bonds is 8. The second-order valence-electron chi connectivity index (χ2n) is 9.28. The number of amides is 2. The van der Waals surface area contributed by atoms with Gasteiger partial charge in [-0.3, -0.25) is 14.4 Å². The number of carboxylic acid groups (broad SMARTS) is 1. The predicted molar refractivity (Wildman–Crippen MR) is 144 cm³/mol. The molecule has 9 nitrogen and oxygen atoms in total. The summed E-state index contributed by atoms with van der Waals surface area (Å²) in [6.45, 7) is 6.56. The third kappa shape index (κ3) is 8.04. The van der Waals surface area contributed by atoms with Crippen LogP contribution in [0.15, 0.2) is 30.3 Å². The van der Waals surface area contributed by atoms with Gasteiger partial charge in [-0.25, -0.2) is 13.2 Å². The van der Waals surface area contributed by atoms with Crippen molar-refractivity contribution in [2.45, 2.75) is 38.8 Å². The molecule has 2 amide bonds. The van der Waals surface area contributed by atoms with E-state index >= 15 is 0 Å². The third-order valence-corrected chi connectivity index (χ3v) is 6.21. The first-order chi connectivity index (χ1) is 17.6. The lowest BCUT2D eigenvalue weighted by molar-refractivity contribution is -0.134. The standard InChI is InChI=1S/C23H26F3IN4O3.C2H4O2/c1-4-28-21(33)22(2,3)29-10-23(34)11-31(12-23)20(32)14-6-7-15(24)18(26)19(14)30-17-8-5-13(27)9-16(17)25;1-2(3)4/h5-9,29-30,34H,4,10-12H2,1-3H3,(H,28,33);1H3,(H,3,4). The number of carbonyl (C=O) groups is 3. The molecule has 208 valence electrons. The Kier molecular flexibility index (Phi) is 10.5. The van der Waals surface area contributed by atoms with Crippen LogP contribution >= 0.6 is 22.6 Å². The summed E-state index contributed by atoms with van der Waals surface area (Å²) in [5, 5.41) is 26.3. The lowest BCUT2D eigenvalue weighted by Crippen LogP contribution is -2.69. The van der Waals surface area contributed by atoms with Crippen molar-refractivity contribution >= 4 is 51.7 Å². The molecule has 2 aromatic carbocycles. The van der Waals surface area contributed by atoms with Gasteiger partial charge >= 0.3 is 0 Å². The molecule has 0 atom stereocenters. The first kappa shape index (κ1) is 31.3. The SMILES string of the molecule is CC(=O)O.CCNC(=O)C(C)(C)NCC1(O)CN(C(=O)c2ccc(F)c(F)c2Nc2ccc(I)cc2F)C1. The molecular weight excluding hydrogens is 620 g/mol. The van der Waals surface area contributed by atoms with Crippen LogP contribution in [-0.4, -0.2) is 70.2 Å². The van der Waals surface area contributed by atoms with Gasteiger partial charge in [-0.1, -0.05) is 0 Å². The highest BCUT2D eigenvalue weighted by molar-refractivity contribution is 14.1. The number of likely N-dealkylation sites (N-methyl/N-ethyl adjacent to an activating group) is 1. The molecule has 5 N–H and O–H groups in total. The summed E-state index contributed by atoms with van der Waals surface area (Å²) >= 11 is 1.91. The summed E-state index contributed by atoms with van der Waals surface area (Å²) in [6.07, 6.45) is 0. The molecule has 0 bridgehead atoms. The Morgan fingerprint density at radius 1 is 1.11 bits per heavy atom. The number of nitrogens with one attached hydrogen (secondary N) is 3. The van der Waals surface area contributed by atoms with Crippen molar-refractivity contribution in [1.82, 2.24) is 15.5 Å². The maximum atomic E-state index is 14.6. The molecule has 13 heteroatoms. The number of carbonyl (C=O) groups excluding carboxylic acids is 2. The number of aliphatic carboxylic acids is 1. The molecule has 1 aliphatic rings. The number of halogens is 4. The van der Waals surface area contributed by atoms with E-state index in [9.17, 15) is 27.9 Å². The lowest BCUT2D eigenvalue weighted by Gasteiger charge is -2.47. The maximum absolute atomic E-state index is 14.6. The van der Waals surface area contributed by atoms with E-state index in [-0.39, 0.29) is 36.8 Å². The van der Waals surface area contributed by atoms with Crippen LogP contribution in [0.4, 0.5) is 24.5 Å². The molecule has 1 heterocycles. The Morgan fingerprint density at radius 2 is 1.71 bits per heavy atom. The molecule has 0 unspecified atom stereocenters. The molecule has 0 aliphatic carbocycles. The number of likely N-dealkylation sites (tertiary alicyclic amines) is 1. The van der Waals surface area contributed by atoms with Crippen LogP contribution in [0.5, 0.6) is 0 Å². The second-order valence-corrected chi connectivity index (χ2v) is 10.5. The zero-order valence-electron chi connectivity index (χ0n) is 21.3. The summed E-state index contributed by atoms with van der Waals surface area (Å²) in [6, 6.07) is 6.09. The fraction of sp³-hybridized carbons (Fsp3) is 0.400. The summed E-state index contributed by atoms with van der Waals surface area (Å²) in [5.74, 6) is -4.91. The van der Waals surface area contributed by atoms with Crippen LogP contribution in [-0.2, 0) is 9.59 Å². The quantitative estimate of drug-likeness (QED) is 0.278. The zero-order valence-corrected chi connectivity index (χ0v) is 23.5. The number of aliphatic hydroxyl groups is 1. The molecule has 1 saturated heterocycles. The Hall–Kier alpha value is -2.91. The van der Waals surface area contributed by atoms with E-state index in [1.165, 1.54) is 17.0 Å². The van der Waals surface area contributed by atoms with Gasteiger partial charge in [0, 0.05) is 23.6 Å². The van der Waals surface area contributed by atoms with E-state index < -0.39 is 46.2 Å². The molecule has 1 aliphatic heterocycles. The predicted octanol–water partition coefficient (Wildman–Crippen LogP) is 3.23. The number of carboxylic acids is 1. The van der Waals surface area contributed by atoms with Crippen molar-refractivity contribution in [3.05, 3.63) is 56.9 Å². The zero-order chi connectivity index (χ0) is 28.8. The normalized spacial score (nSPS) is 14.1. The monoisotopic (exact) mass is 650 g/mol. The van der Waals surface area contributed by atoms with Crippen LogP contribution in [0.3, 0.4) is 0 Å². The highest BCUT2D eigenvalue weighted by atomic mass is 127. The highest BCUT2D eigenvalue weighted by Crippen LogP contribution is 2.31. The number of benzene rings is 2.